The Balaban J connectivity index is 0.00000225. The van der Waals surface area contributed by atoms with Gasteiger partial charge < -0.3 is 5.73 Å². The average Bonchev–Trinajstić information content (AvgIpc) is 2.09. The normalized spacial score (nSPS) is 12.4. The Kier molecular flexibility index (Phi) is 7.07. The molecule has 0 spiro atoms. The minimum atomic E-state index is -0.117. The first-order valence-corrected chi connectivity index (χ1v) is 5.95. The molecule has 0 aliphatic carbocycles. The highest BCUT2D eigenvalue weighted by atomic mass is 35.5. The Bertz CT molecular complexity index is 352. The van der Waals surface area contributed by atoms with Gasteiger partial charge in [-0.3, -0.25) is 0 Å². The molecule has 1 atom stereocenters. The quantitative estimate of drug-likeness (QED) is 0.771. The smallest absolute Gasteiger partial charge is 0.0641 e. The number of hydrogen-bond donors (Lipinski definition) is 1. The van der Waals surface area contributed by atoms with E-state index in [9.17, 15) is 0 Å². The summed E-state index contributed by atoms with van der Waals surface area (Å²) in [6, 6.07) is 3.29. The van der Waals surface area contributed by atoms with Crippen molar-refractivity contribution < 1.29 is 0 Å². The lowest BCUT2D eigenvalue weighted by Crippen LogP contribution is -2.13. The van der Waals surface area contributed by atoms with Gasteiger partial charge in [0.2, 0.25) is 0 Å². The van der Waals surface area contributed by atoms with E-state index in [1.807, 2.05) is 0 Å². The first kappa shape index (κ1) is 16.3. The topological polar surface area (TPSA) is 26.0 Å². The Hall–Kier alpha value is 0.340. The van der Waals surface area contributed by atoms with Crippen molar-refractivity contribution in [1.82, 2.24) is 0 Å². The number of nitrogens with two attached hydrogens (primary N) is 1. The largest absolute Gasteiger partial charge is 0.324 e. The van der Waals surface area contributed by atoms with Gasteiger partial charge in [-0.1, -0.05) is 48.7 Å². The van der Waals surface area contributed by atoms with Gasteiger partial charge in [-0.15, -0.1) is 12.4 Å². The molecule has 0 aromatic heterocycles. The molecular formula is C11H15Cl4N. The number of rotatable bonds is 3. The van der Waals surface area contributed by atoms with Crippen LogP contribution in [0.25, 0.3) is 0 Å². The van der Waals surface area contributed by atoms with Crippen LogP contribution in [0, 0.1) is 5.92 Å². The third-order valence-electron chi connectivity index (χ3n) is 2.15. The number of hydrogen-bond acceptors (Lipinski definition) is 1. The second-order valence-electron chi connectivity index (χ2n) is 4.03. The van der Waals surface area contributed by atoms with Crippen molar-refractivity contribution in [2.45, 2.75) is 26.3 Å². The molecule has 1 aromatic carbocycles. The summed E-state index contributed by atoms with van der Waals surface area (Å²) in [7, 11) is 0. The van der Waals surface area contributed by atoms with Gasteiger partial charge in [0, 0.05) is 11.1 Å². The first-order valence-electron chi connectivity index (χ1n) is 4.81. The molecule has 2 N–H and O–H groups in total. The third kappa shape index (κ3) is 4.31. The molecule has 16 heavy (non-hydrogen) atoms. The van der Waals surface area contributed by atoms with Gasteiger partial charge in [0.05, 0.1) is 10.0 Å². The molecule has 0 fully saturated rings. The van der Waals surface area contributed by atoms with Gasteiger partial charge >= 0.3 is 0 Å². The molecule has 0 heterocycles. The summed E-state index contributed by atoms with van der Waals surface area (Å²) in [5.74, 6) is 0.508. The van der Waals surface area contributed by atoms with E-state index >= 15 is 0 Å². The van der Waals surface area contributed by atoms with Crippen molar-refractivity contribution in [1.29, 1.82) is 0 Å². The lowest BCUT2D eigenvalue weighted by molar-refractivity contribution is 0.510. The molecule has 0 aliphatic rings. The van der Waals surface area contributed by atoms with Gasteiger partial charge in [-0.2, -0.15) is 0 Å². The summed E-state index contributed by atoms with van der Waals surface area (Å²) >= 11 is 17.9. The fraction of sp³-hybridized carbons (Fsp3) is 0.455. The predicted molar refractivity (Wildman–Crippen MR) is 75.1 cm³/mol. The molecule has 0 amide bonds. The monoisotopic (exact) mass is 301 g/mol. The minimum absolute atomic E-state index is 0. The van der Waals surface area contributed by atoms with Crippen molar-refractivity contribution in [3.8, 4) is 0 Å². The predicted octanol–water partition coefficient (Wildman–Crippen LogP) is 5.11. The molecule has 0 saturated heterocycles. The molecule has 1 aromatic rings. The maximum atomic E-state index is 6.07. The molecule has 5 heteroatoms. The summed E-state index contributed by atoms with van der Waals surface area (Å²) in [6.07, 6.45) is 0.858. The van der Waals surface area contributed by atoms with Crippen molar-refractivity contribution in [2.24, 2.45) is 11.7 Å². The average molecular weight is 303 g/mol. The van der Waals surface area contributed by atoms with Crippen LogP contribution in [-0.4, -0.2) is 0 Å². The standard InChI is InChI=1S/C11H14Cl3N.ClH/c1-6(2)3-10(15)8-4-7(12)5-9(13)11(8)14;/h4-6,10H,3,15H2,1-2H3;1H/t10-;/m1./s1. The van der Waals surface area contributed by atoms with E-state index in [0.29, 0.717) is 21.0 Å². The lowest BCUT2D eigenvalue weighted by Gasteiger charge is -2.16. The van der Waals surface area contributed by atoms with Crippen LogP contribution in [0.15, 0.2) is 12.1 Å². The highest BCUT2D eigenvalue weighted by molar-refractivity contribution is 6.43. The SMILES string of the molecule is CC(C)C[C@@H](N)c1cc(Cl)cc(Cl)c1Cl.Cl. The molecule has 0 saturated carbocycles. The Morgan fingerprint density at radius 1 is 1.19 bits per heavy atom. The Labute approximate surface area is 118 Å². The van der Waals surface area contributed by atoms with Crippen LogP contribution in [0.2, 0.25) is 15.1 Å². The molecular weight excluding hydrogens is 288 g/mol. The fourth-order valence-corrected chi connectivity index (χ4v) is 2.24. The highest BCUT2D eigenvalue weighted by Crippen LogP contribution is 2.34. The van der Waals surface area contributed by atoms with E-state index in [2.05, 4.69) is 13.8 Å². The summed E-state index contributed by atoms with van der Waals surface area (Å²) in [5.41, 5.74) is 6.85. The second kappa shape index (κ2) is 6.93. The van der Waals surface area contributed by atoms with Crippen LogP contribution < -0.4 is 5.73 Å². The van der Waals surface area contributed by atoms with E-state index in [1.54, 1.807) is 12.1 Å². The molecule has 0 unspecified atom stereocenters. The van der Waals surface area contributed by atoms with Crippen LogP contribution in [0.3, 0.4) is 0 Å². The van der Waals surface area contributed by atoms with Crippen LogP contribution in [-0.2, 0) is 0 Å². The maximum Gasteiger partial charge on any atom is 0.0641 e. The van der Waals surface area contributed by atoms with Crippen molar-refractivity contribution in [3.63, 3.8) is 0 Å². The highest BCUT2D eigenvalue weighted by Gasteiger charge is 2.15. The molecule has 0 aliphatic heterocycles. The van der Waals surface area contributed by atoms with E-state index in [4.69, 9.17) is 40.5 Å². The Morgan fingerprint density at radius 3 is 2.25 bits per heavy atom. The van der Waals surface area contributed by atoms with E-state index in [0.717, 1.165) is 12.0 Å². The maximum absolute atomic E-state index is 6.07. The van der Waals surface area contributed by atoms with Crippen LogP contribution >= 0.6 is 47.2 Å². The number of benzene rings is 1. The number of halogens is 4. The summed E-state index contributed by atoms with van der Waals surface area (Å²) in [4.78, 5) is 0. The van der Waals surface area contributed by atoms with Crippen molar-refractivity contribution >= 4 is 47.2 Å². The third-order valence-corrected chi connectivity index (χ3v) is 3.18. The molecule has 1 nitrogen and oxygen atoms in total. The van der Waals surface area contributed by atoms with E-state index < -0.39 is 0 Å². The molecule has 92 valence electrons. The summed E-state index contributed by atoms with van der Waals surface area (Å²) in [5, 5.41) is 1.53. The van der Waals surface area contributed by atoms with Gasteiger partial charge in [0.25, 0.3) is 0 Å². The van der Waals surface area contributed by atoms with Crippen molar-refractivity contribution in [3.05, 3.63) is 32.8 Å². The molecule has 1 rings (SSSR count). The van der Waals surface area contributed by atoms with Gasteiger partial charge in [0.15, 0.2) is 0 Å². The van der Waals surface area contributed by atoms with Crippen LogP contribution in [0.4, 0.5) is 0 Å². The van der Waals surface area contributed by atoms with Gasteiger partial charge in [-0.05, 0) is 30.0 Å². The summed E-state index contributed by atoms with van der Waals surface area (Å²) in [6.45, 7) is 4.22. The van der Waals surface area contributed by atoms with E-state index in [-0.39, 0.29) is 18.4 Å². The first-order chi connectivity index (χ1) is 6.91. The van der Waals surface area contributed by atoms with Crippen LogP contribution in [0.1, 0.15) is 31.9 Å². The molecule has 0 bridgehead atoms. The lowest BCUT2D eigenvalue weighted by atomic mass is 9.98. The van der Waals surface area contributed by atoms with Crippen LogP contribution in [0.5, 0.6) is 0 Å². The Morgan fingerprint density at radius 2 is 1.75 bits per heavy atom. The fourth-order valence-electron chi connectivity index (χ4n) is 1.48. The second-order valence-corrected chi connectivity index (χ2v) is 5.25. The van der Waals surface area contributed by atoms with Crippen molar-refractivity contribution in [2.75, 3.05) is 0 Å². The van der Waals surface area contributed by atoms with Gasteiger partial charge in [0.1, 0.15) is 0 Å². The minimum Gasteiger partial charge on any atom is -0.324 e. The zero-order valence-corrected chi connectivity index (χ0v) is 12.2. The molecule has 0 radical (unpaired) electrons. The van der Waals surface area contributed by atoms with Gasteiger partial charge in [-0.25, -0.2) is 0 Å². The zero-order chi connectivity index (χ0) is 11.6. The van der Waals surface area contributed by atoms with E-state index in [1.165, 1.54) is 0 Å². The zero-order valence-electron chi connectivity index (χ0n) is 9.14. The summed E-state index contributed by atoms with van der Waals surface area (Å²) < 4.78 is 0.